The van der Waals surface area contributed by atoms with Gasteiger partial charge < -0.3 is 15.2 Å². The van der Waals surface area contributed by atoms with Gasteiger partial charge >= 0.3 is 0 Å². The van der Waals surface area contributed by atoms with E-state index in [2.05, 4.69) is 5.32 Å². The number of amides is 1. The fraction of sp³-hybridized carbons (Fsp3) is 0.235. The molecule has 0 fully saturated rings. The van der Waals surface area contributed by atoms with Gasteiger partial charge in [0.15, 0.2) is 0 Å². The lowest BCUT2D eigenvalue weighted by molar-refractivity contribution is 0.0852. The van der Waals surface area contributed by atoms with Crippen LogP contribution in [-0.4, -0.2) is 24.2 Å². The zero-order chi connectivity index (χ0) is 16.1. The summed E-state index contributed by atoms with van der Waals surface area (Å²) in [6.07, 6.45) is -0.822. The Morgan fingerprint density at radius 2 is 1.82 bits per heavy atom. The number of rotatable bonds is 5. The van der Waals surface area contributed by atoms with E-state index in [1.807, 2.05) is 0 Å². The minimum Gasteiger partial charge on any atom is -0.497 e. The molecule has 0 spiro atoms. The van der Waals surface area contributed by atoms with Gasteiger partial charge in [-0.3, -0.25) is 4.79 Å². The van der Waals surface area contributed by atoms with Gasteiger partial charge in [-0.25, -0.2) is 0 Å². The van der Waals surface area contributed by atoms with Crippen LogP contribution < -0.4 is 10.1 Å². The highest BCUT2D eigenvalue weighted by Crippen LogP contribution is 2.21. The minimum absolute atomic E-state index is 0.314. The van der Waals surface area contributed by atoms with Crippen LogP contribution in [0.4, 0.5) is 0 Å². The number of nitrogens with one attached hydrogen (secondary N) is 1. The van der Waals surface area contributed by atoms with E-state index >= 15 is 0 Å². The highest BCUT2D eigenvalue weighted by Gasteiger charge is 2.20. The Labute approximate surface area is 134 Å². The third-order valence-electron chi connectivity index (χ3n) is 3.41. The number of carbonyl (C=O) groups is 1. The molecule has 0 aliphatic carbocycles. The summed E-state index contributed by atoms with van der Waals surface area (Å²) in [5.74, 6) is 0.398. The Balaban J connectivity index is 2.06. The predicted octanol–water partition coefficient (Wildman–Crippen LogP) is 3.20. The number of ether oxygens (including phenoxy) is 1. The van der Waals surface area contributed by atoms with Crippen LogP contribution in [0.3, 0.4) is 0 Å². The molecule has 4 nitrogen and oxygen atoms in total. The quantitative estimate of drug-likeness (QED) is 0.889. The van der Waals surface area contributed by atoms with Crippen LogP contribution in [0, 0.1) is 0 Å². The van der Waals surface area contributed by atoms with Crippen molar-refractivity contribution in [2.75, 3.05) is 7.11 Å². The molecular formula is C17H18ClNO3. The molecule has 2 rings (SSSR count). The van der Waals surface area contributed by atoms with E-state index in [4.69, 9.17) is 16.3 Å². The molecule has 0 aromatic heterocycles. The Kier molecular flexibility index (Phi) is 5.41. The van der Waals surface area contributed by atoms with Crippen molar-refractivity contribution in [1.29, 1.82) is 0 Å². The van der Waals surface area contributed by atoms with Crippen LogP contribution >= 0.6 is 11.6 Å². The predicted molar refractivity (Wildman–Crippen MR) is 86.3 cm³/mol. The topological polar surface area (TPSA) is 58.6 Å². The molecular weight excluding hydrogens is 302 g/mol. The number of hydrogen-bond donors (Lipinski definition) is 2. The molecule has 0 heterocycles. The van der Waals surface area contributed by atoms with Gasteiger partial charge in [-0.1, -0.05) is 35.9 Å². The number of halogens is 1. The summed E-state index contributed by atoms with van der Waals surface area (Å²) in [6.45, 7) is 1.74. The number of methoxy groups -OCH3 is 1. The second-order valence-electron chi connectivity index (χ2n) is 4.96. The first-order valence-electron chi connectivity index (χ1n) is 6.90. The van der Waals surface area contributed by atoms with E-state index in [1.54, 1.807) is 62.6 Å². The molecule has 116 valence electrons. The van der Waals surface area contributed by atoms with Crippen LogP contribution in [0.2, 0.25) is 5.02 Å². The van der Waals surface area contributed by atoms with Crippen LogP contribution in [0.5, 0.6) is 5.75 Å². The normalized spacial score (nSPS) is 13.3. The summed E-state index contributed by atoms with van der Waals surface area (Å²) in [7, 11) is 1.58. The molecule has 2 aromatic carbocycles. The maximum absolute atomic E-state index is 12.2. The maximum atomic E-state index is 12.2. The largest absolute Gasteiger partial charge is 0.497 e. The third-order valence-corrected chi connectivity index (χ3v) is 3.74. The number of carbonyl (C=O) groups excluding carboxylic acids is 1. The molecule has 0 aliphatic heterocycles. The summed E-state index contributed by atoms with van der Waals surface area (Å²) in [5, 5.41) is 13.5. The molecule has 0 saturated heterocycles. The van der Waals surface area contributed by atoms with Crippen molar-refractivity contribution in [3.8, 4) is 5.75 Å². The first kappa shape index (κ1) is 16.3. The lowest BCUT2D eigenvalue weighted by atomic mass is 10.0. The fourth-order valence-corrected chi connectivity index (χ4v) is 2.32. The molecule has 1 amide bonds. The van der Waals surface area contributed by atoms with Crippen LogP contribution in [-0.2, 0) is 0 Å². The Morgan fingerprint density at radius 3 is 2.41 bits per heavy atom. The van der Waals surface area contributed by atoms with Crippen LogP contribution in [0.1, 0.15) is 28.9 Å². The van der Waals surface area contributed by atoms with Crippen molar-refractivity contribution in [2.45, 2.75) is 19.1 Å². The molecule has 2 atom stereocenters. The lowest BCUT2D eigenvalue weighted by Crippen LogP contribution is -2.37. The van der Waals surface area contributed by atoms with Gasteiger partial charge in [0.2, 0.25) is 0 Å². The van der Waals surface area contributed by atoms with E-state index in [0.717, 1.165) is 0 Å². The second-order valence-corrected chi connectivity index (χ2v) is 5.37. The average Bonchev–Trinajstić information content (AvgIpc) is 2.54. The van der Waals surface area contributed by atoms with Gasteiger partial charge in [0.05, 0.1) is 29.8 Å². The number of hydrogen-bond acceptors (Lipinski definition) is 3. The van der Waals surface area contributed by atoms with Gasteiger partial charge in [0.25, 0.3) is 5.91 Å². The van der Waals surface area contributed by atoms with E-state index in [0.29, 0.717) is 21.9 Å². The van der Waals surface area contributed by atoms with E-state index in [-0.39, 0.29) is 5.91 Å². The van der Waals surface area contributed by atoms with E-state index in [9.17, 15) is 9.90 Å². The van der Waals surface area contributed by atoms with Crippen molar-refractivity contribution in [3.63, 3.8) is 0 Å². The summed E-state index contributed by atoms with van der Waals surface area (Å²) in [4.78, 5) is 12.2. The number of aliphatic hydroxyl groups is 1. The molecule has 5 heteroatoms. The Bertz CT molecular complexity index is 643. The van der Waals surface area contributed by atoms with Gasteiger partial charge in [0, 0.05) is 0 Å². The van der Waals surface area contributed by atoms with Gasteiger partial charge in [-0.15, -0.1) is 0 Å². The average molecular weight is 320 g/mol. The maximum Gasteiger partial charge on any atom is 0.253 e. The van der Waals surface area contributed by atoms with Crippen molar-refractivity contribution in [1.82, 2.24) is 5.32 Å². The molecule has 2 N–H and O–H groups in total. The third kappa shape index (κ3) is 3.78. The fourth-order valence-electron chi connectivity index (χ4n) is 2.10. The lowest BCUT2D eigenvalue weighted by Gasteiger charge is -2.21. The van der Waals surface area contributed by atoms with E-state index < -0.39 is 12.1 Å². The monoisotopic (exact) mass is 319 g/mol. The second kappa shape index (κ2) is 7.29. The molecule has 0 saturated carbocycles. The summed E-state index contributed by atoms with van der Waals surface area (Å²) < 4.78 is 5.08. The van der Waals surface area contributed by atoms with Gasteiger partial charge in [-0.05, 0) is 36.8 Å². The number of aliphatic hydroxyl groups excluding tert-OH is 1. The standard InChI is InChI=1S/C17H18ClNO3/c1-11(16(20)12-7-9-13(22-2)10-8-12)19-17(21)14-5-3-4-6-15(14)18/h3-11,16,20H,1-2H3,(H,19,21). The summed E-state index contributed by atoms with van der Waals surface area (Å²) in [5.41, 5.74) is 1.09. The summed E-state index contributed by atoms with van der Waals surface area (Å²) >= 11 is 6.00. The molecule has 2 unspecified atom stereocenters. The molecule has 2 aromatic rings. The van der Waals surface area contributed by atoms with Crippen molar-refractivity contribution < 1.29 is 14.6 Å². The van der Waals surface area contributed by atoms with Crippen molar-refractivity contribution in [3.05, 3.63) is 64.7 Å². The van der Waals surface area contributed by atoms with Crippen LogP contribution in [0.25, 0.3) is 0 Å². The smallest absolute Gasteiger partial charge is 0.253 e. The first-order chi connectivity index (χ1) is 10.5. The molecule has 0 aliphatic rings. The highest BCUT2D eigenvalue weighted by molar-refractivity contribution is 6.33. The van der Waals surface area contributed by atoms with Gasteiger partial charge in [-0.2, -0.15) is 0 Å². The van der Waals surface area contributed by atoms with E-state index in [1.165, 1.54) is 0 Å². The zero-order valence-corrected chi connectivity index (χ0v) is 13.2. The summed E-state index contributed by atoms with van der Waals surface area (Å²) in [6, 6.07) is 13.4. The van der Waals surface area contributed by atoms with Gasteiger partial charge in [0.1, 0.15) is 5.75 Å². The zero-order valence-electron chi connectivity index (χ0n) is 12.4. The molecule has 0 radical (unpaired) electrons. The molecule has 22 heavy (non-hydrogen) atoms. The van der Waals surface area contributed by atoms with Crippen LogP contribution in [0.15, 0.2) is 48.5 Å². The molecule has 0 bridgehead atoms. The highest BCUT2D eigenvalue weighted by atomic mass is 35.5. The minimum atomic E-state index is -0.822. The van der Waals surface area contributed by atoms with Crippen molar-refractivity contribution in [2.24, 2.45) is 0 Å². The van der Waals surface area contributed by atoms with Crippen molar-refractivity contribution >= 4 is 17.5 Å². The first-order valence-corrected chi connectivity index (χ1v) is 7.28. The SMILES string of the molecule is COc1ccc(C(O)C(C)NC(=O)c2ccccc2Cl)cc1. The Morgan fingerprint density at radius 1 is 1.18 bits per heavy atom. The Hall–Kier alpha value is -2.04. The number of benzene rings is 2.